The van der Waals surface area contributed by atoms with Gasteiger partial charge in [0.25, 0.3) is 0 Å². The second-order valence-electron chi connectivity index (χ2n) is 9.72. The fourth-order valence-corrected chi connectivity index (χ4v) is 4.79. The summed E-state index contributed by atoms with van der Waals surface area (Å²) in [4.78, 5) is 12.0. The molecule has 0 aliphatic rings. The number of hydrogen-bond acceptors (Lipinski definition) is 7. The average Bonchev–Trinajstić information content (AvgIpc) is 3.05. The van der Waals surface area contributed by atoms with Crippen molar-refractivity contribution in [3.05, 3.63) is 109 Å². The highest BCUT2D eigenvalue weighted by molar-refractivity contribution is 5.89. The number of hydrogen-bond donors (Lipinski definition) is 2. The van der Waals surface area contributed by atoms with E-state index in [0.717, 1.165) is 64.8 Å². The van der Waals surface area contributed by atoms with Crippen LogP contribution in [0.15, 0.2) is 109 Å². The number of nitrogens with zero attached hydrogens (tertiary/aromatic N) is 3. The Morgan fingerprint density at radius 2 is 1.40 bits per heavy atom. The highest BCUT2D eigenvalue weighted by Gasteiger charge is 2.16. The zero-order chi connectivity index (χ0) is 29.1. The fraction of sp³-hybridized carbons (Fsp3) is 0.200. The first-order chi connectivity index (χ1) is 20.7. The number of likely N-dealkylation sites (N-methyl/N-ethyl adjacent to an activating group) is 1. The van der Waals surface area contributed by atoms with Crippen molar-refractivity contribution in [2.24, 2.45) is 0 Å². The maximum atomic E-state index is 5.94. The first-order valence-corrected chi connectivity index (χ1v) is 14.3. The SMILES string of the molecule is CCN(CC)CCOc1ccc(Nc2ncc(-c3ccccc3-c3ccccc3)c(Nc3ccccc3OC)n2)cc1. The zero-order valence-corrected chi connectivity index (χ0v) is 24.4. The van der Waals surface area contributed by atoms with Crippen LogP contribution in [0.25, 0.3) is 22.3 Å². The molecule has 4 aromatic carbocycles. The van der Waals surface area contributed by atoms with E-state index in [1.54, 1.807) is 7.11 Å². The molecule has 0 aliphatic carbocycles. The van der Waals surface area contributed by atoms with Gasteiger partial charge >= 0.3 is 0 Å². The third kappa shape index (κ3) is 7.06. The standard InChI is InChI=1S/C35H37N5O2/c1-4-40(5-2)23-24-42-28-21-19-27(20-22-28)37-35-36-25-31(34(39-35)38-32-17-11-12-18-33(32)41-3)30-16-10-9-15-29(30)26-13-7-6-8-14-26/h6-22,25H,4-5,23-24H2,1-3H3,(H2,36,37,38,39). The maximum Gasteiger partial charge on any atom is 0.229 e. The van der Waals surface area contributed by atoms with Crippen LogP contribution in [0.1, 0.15) is 13.8 Å². The molecule has 214 valence electrons. The molecule has 7 heteroatoms. The number of benzene rings is 4. The van der Waals surface area contributed by atoms with E-state index in [0.29, 0.717) is 18.4 Å². The molecule has 0 amide bonds. The summed E-state index contributed by atoms with van der Waals surface area (Å²) >= 11 is 0. The summed E-state index contributed by atoms with van der Waals surface area (Å²) in [5, 5.41) is 6.85. The Bertz CT molecular complexity index is 1570. The smallest absolute Gasteiger partial charge is 0.229 e. The van der Waals surface area contributed by atoms with E-state index in [-0.39, 0.29) is 0 Å². The Hall–Kier alpha value is -4.88. The minimum absolute atomic E-state index is 0.476. The molecule has 7 nitrogen and oxygen atoms in total. The molecule has 0 radical (unpaired) electrons. The number of nitrogens with one attached hydrogen (secondary N) is 2. The van der Waals surface area contributed by atoms with Crippen molar-refractivity contribution in [3.8, 4) is 33.8 Å². The van der Waals surface area contributed by atoms with Crippen molar-refractivity contribution in [1.29, 1.82) is 0 Å². The quantitative estimate of drug-likeness (QED) is 0.151. The molecule has 2 N–H and O–H groups in total. The van der Waals surface area contributed by atoms with Crippen molar-refractivity contribution in [2.75, 3.05) is 44.0 Å². The van der Waals surface area contributed by atoms with Gasteiger partial charge in [-0.25, -0.2) is 4.98 Å². The van der Waals surface area contributed by atoms with Crippen LogP contribution in [0.5, 0.6) is 11.5 Å². The van der Waals surface area contributed by atoms with E-state index < -0.39 is 0 Å². The van der Waals surface area contributed by atoms with Gasteiger partial charge in [-0.05, 0) is 66.2 Å². The Labute approximate surface area is 248 Å². The van der Waals surface area contributed by atoms with Crippen LogP contribution in [0.4, 0.5) is 23.1 Å². The minimum atomic E-state index is 0.476. The normalized spacial score (nSPS) is 10.9. The summed E-state index contributed by atoms with van der Waals surface area (Å²) in [6.07, 6.45) is 1.86. The van der Waals surface area contributed by atoms with Gasteiger partial charge in [0.15, 0.2) is 0 Å². The molecule has 0 bridgehead atoms. The topological polar surface area (TPSA) is 71.5 Å². The number of rotatable bonds is 13. The molecule has 0 atom stereocenters. The molecule has 0 saturated heterocycles. The molecule has 5 rings (SSSR count). The lowest BCUT2D eigenvalue weighted by atomic mass is 9.95. The Kier molecular flexibility index (Phi) is 9.65. The molecule has 1 aromatic heterocycles. The predicted molar refractivity (Wildman–Crippen MR) is 172 cm³/mol. The van der Waals surface area contributed by atoms with Crippen molar-refractivity contribution in [2.45, 2.75) is 13.8 Å². The van der Waals surface area contributed by atoms with Gasteiger partial charge in [-0.15, -0.1) is 0 Å². The summed E-state index contributed by atoms with van der Waals surface area (Å²) < 4.78 is 11.6. The summed E-state index contributed by atoms with van der Waals surface area (Å²) in [5.41, 5.74) is 5.81. The summed E-state index contributed by atoms with van der Waals surface area (Å²) in [7, 11) is 1.66. The second-order valence-corrected chi connectivity index (χ2v) is 9.72. The van der Waals surface area contributed by atoms with E-state index in [2.05, 4.69) is 53.6 Å². The molecular weight excluding hydrogens is 522 g/mol. The number of methoxy groups -OCH3 is 1. The minimum Gasteiger partial charge on any atom is -0.495 e. The Balaban J connectivity index is 1.43. The molecule has 0 saturated carbocycles. The third-order valence-electron chi connectivity index (χ3n) is 7.13. The average molecular weight is 560 g/mol. The van der Waals surface area contributed by atoms with E-state index in [9.17, 15) is 0 Å². The summed E-state index contributed by atoms with van der Waals surface area (Å²) in [6, 6.07) is 34.3. The van der Waals surface area contributed by atoms with E-state index in [4.69, 9.17) is 19.4 Å². The van der Waals surface area contributed by atoms with Crippen molar-refractivity contribution in [1.82, 2.24) is 14.9 Å². The van der Waals surface area contributed by atoms with Gasteiger partial charge in [0.2, 0.25) is 5.95 Å². The number of aromatic nitrogens is 2. The fourth-order valence-electron chi connectivity index (χ4n) is 4.79. The van der Waals surface area contributed by atoms with Gasteiger partial charge in [-0.1, -0.05) is 80.6 Å². The highest BCUT2D eigenvalue weighted by Crippen LogP contribution is 2.38. The Morgan fingerprint density at radius 3 is 2.14 bits per heavy atom. The van der Waals surface area contributed by atoms with E-state index in [1.165, 1.54) is 0 Å². The van der Waals surface area contributed by atoms with Gasteiger partial charge in [-0.2, -0.15) is 4.98 Å². The van der Waals surface area contributed by atoms with E-state index in [1.807, 2.05) is 85.1 Å². The van der Waals surface area contributed by atoms with Crippen LogP contribution < -0.4 is 20.1 Å². The predicted octanol–water partition coefficient (Wildman–Crippen LogP) is 8.03. The highest BCUT2D eigenvalue weighted by atomic mass is 16.5. The molecule has 1 heterocycles. The van der Waals surface area contributed by atoms with Crippen LogP contribution in [-0.4, -0.2) is 48.2 Å². The number of ether oxygens (including phenoxy) is 2. The van der Waals surface area contributed by atoms with Crippen LogP contribution in [0.2, 0.25) is 0 Å². The van der Waals surface area contributed by atoms with Crippen molar-refractivity contribution >= 4 is 23.1 Å². The molecule has 0 fully saturated rings. The molecule has 0 aliphatic heterocycles. The molecule has 0 spiro atoms. The number of para-hydroxylation sites is 2. The summed E-state index contributed by atoms with van der Waals surface area (Å²) in [6.45, 7) is 7.93. The Morgan fingerprint density at radius 1 is 0.714 bits per heavy atom. The van der Waals surface area contributed by atoms with Gasteiger partial charge in [-0.3, -0.25) is 0 Å². The first kappa shape index (κ1) is 28.6. The van der Waals surface area contributed by atoms with Crippen LogP contribution >= 0.6 is 0 Å². The lowest BCUT2D eigenvalue weighted by Crippen LogP contribution is -2.27. The summed E-state index contributed by atoms with van der Waals surface area (Å²) in [5.74, 6) is 2.70. The van der Waals surface area contributed by atoms with Crippen molar-refractivity contribution in [3.63, 3.8) is 0 Å². The van der Waals surface area contributed by atoms with Gasteiger partial charge < -0.3 is 25.0 Å². The zero-order valence-electron chi connectivity index (χ0n) is 24.4. The lowest BCUT2D eigenvalue weighted by molar-refractivity contribution is 0.223. The molecular formula is C35H37N5O2. The van der Waals surface area contributed by atoms with Crippen LogP contribution in [0, 0.1) is 0 Å². The van der Waals surface area contributed by atoms with Crippen LogP contribution in [0.3, 0.4) is 0 Å². The van der Waals surface area contributed by atoms with Gasteiger partial charge in [0.05, 0.1) is 12.8 Å². The largest absolute Gasteiger partial charge is 0.495 e. The van der Waals surface area contributed by atoms with Gasteiger partial charge in [0.1, 0.15) is 23.9 Å². The van der Waals surface area contributed by atoms with Gasteiger partial charge in [0, 0.05) is 24.0 Å². The monoisotopic (exact) mass is 559 g/mol. The lowest BCUT2D eigenvalue weighted by Gasteiger charge is -2.18. The molecule has 42 heavy (non-hydrogen) atoms. The van der Waals surface area contributed by atoms with E-state index >= 15 is 0 Å². The maximum absolute atomic E-state index is 5.94. The molecule has 5 aromatic rings. The third-order valence-corrected chi connectivity index (χ3v) is 7.13. The first-order valence-electron chi connectivity index (χ1n) is 14.3. The number of anilines is 4. The second kappa shape index (κ2) is 14.1. The van der Waals surface area contributed by atoms with Crippen LogP contribution in [-0.2, 0) is 0 Å². The molecule has 0 unspecified atom stereocenters. The van der Waals surface area contributed by atoms with Crippen molar-refractivity contribution < 1.29 is 9.47 Å².